The zero-order valence-electron chi connectivity index (χ0n) is 14.1. The molecule has 1 N–H and O–H groups in total. The van der Waals surface area contributed by atoms with Crippen LogP contribution >= 0.6 is 11.6 Å². The van der Waals surface area contributed by atoms with Crippen molar-refractivity contribution in [2.24, 2.45) is 0 Å². The van der Waals surface area contributed by atoms with E-state index in [9.17, 15) is 22.0 Å². The van der Waals surface area contributed by atoms with Crippen molar-refractivity contribution < 1.29 is 26.7 Å². The number of carbonyl (C=O) groups is 1. The average molecular weight is 415 g/mol. The number of hydrogen-bond donors (Lipinski definition) is 1. The van der Waals surface area contributed by atoms with Crippen molar-refractivity contribution in [2.45, 2.75) is 13.5 Å². The van der Waals surface area contributed by atoms with Gasteiger partial charge in [0.1, 0.15) is 24.0 Å². The van der Waals surface area contributed by atoms with Crippen LogP contribution in [0.5, 0.6) is 5.75 Å². The molecular formula is C17H13ClF2N2O4S. The van der Waals surface area contributed by atoms with Crippen LogP contribution in [0, 0.1) is 29.9 Å². The molecule has 0 spiro atoms. The van der Waals surface area contributed by atoms with E-state index in [1.165, 1.54) is 12.1 Å². The molecule has 0 atom stereocenters. The van der Waals surface area contributed by atoms with Gasteiger partial charge in [-0.05, 0) is 36.8 Å². The summed E-state index contributed by atoms with van der Waals surface area (Å²) in [6, 6.07) is 6.13. The molecule has 0 bridgehead atoms. The molecule has 0 fully saturated rings. The molecule has 0 aliphatic rings. The first-order valence-electron chi connectivity index (χ1n) is 7.35. The third-order valence-corrected chi connectivity index (χ3v) is 4.29. The molecule has 1 amide bonds. The Kier molecular flexibility index (Phi) is 6.03. The van der Waals surface area contributed by atoms with Gasteiger partial charge in [0.2, 0.25) is 10.0 Å². The van der Waals surface area contributed by atoms with Crippen LogP contribution < -0.4 is 9.46 Å². The number of hydrogen-bond acceptors (Lipinski definition) is 5. The number of carbonyl (C=O) groups excluding carboxylic acids is 1. The van der Waals surface area contributed by atoms with Gasteiger partial charge in [-0.25, -0.2) is 21.9 Å². The molecule has 0 aliphatic heterocycles. The molecule has 0 aliphatic carbocycles. The van der Waals surface area contributed by atoms with Crippen LogP contribution in [0.1, 0.15) is 27.0 Å². The van der Waals surface area contributed by atoms with E-state index < -0.39 is 39.7 Å². The zero-order chi connectivity index (χ0) is 20.4. The minimum atomic E-state index is -3.93. The van der Waals surface area contributed by atoms with Gasteiger partial charge in [-0.1, -0.05) is 11.6 Å². The van der Waals surface area contributed by atoms with Gasteiger partial charge in [0.15, 0.2) is 0 Å². The second-order valence-electron chi connectivity index (χ2n) is 5.62. The summed E-state index contributed by atoms with van der Waals surface area (Å²) < 4.78 is 57.2. The molecule has 10 heteroatoms. The number of sulfonamides is 1. The number of ether oxygens (including phenoxy) is 1. The molecule has 27 heavy (non-hydrogen) atoms. The Morgan fingerprint density at radius 3 is 2.52 bits per heavy atom. The molecule has 6 nitrogen and oxygen atoms in total. The first-order valence-corrected chi connectivity index (χ1v) is 9.62. The summed E-state index contributed by atoms with van der Waals surface area (Å²) in [6.45, 7) is 1.26. The normalized spacial score (nSPS) is 11.0. The molecule has 0 heterocycles. The Hall–Kier alpha value is -2.70. The van der Waals surface area contributed by atoms with Gasteiger partial charge in [-0.15, -0.1) is 0 Å². The molecule has 2 rings (SSSR count). The molecule has 0 radical (unpaired) electrons. The molecule has 0 unspecified atom stereocenters. The molecule has 0 saturated heterocycles. The fourth-order valence-electron chi connectivity index (χ4n) is 2.14. The number of amides is 1. The molecule has 2 aromatic rings. The van der Waals surface area contributed by atoms with Gasteiger partial charge >= 0.3 is 0 Å². The highest BCUT2D eigenvalue weighted by molar-refractivity contribution is 7.89. The smallest absolute Gasteiger partial charge is 0.267 e. The van der Waals surface area contributed by atoms with E-state index in [1.54, 1.807) is 11.6 Å². The van der Waals surface area contributed by atoms with Crippen molar-refractivity contribution in [1.29, 1.82) is 5.26 Å². The molecule has 0 saturated carbocycles. The second-order valence-corrected chi connectivity index (χ2v) is 7.78. The van der Waals surface area contributed by atoms with E-state index in [1.807, 2.05) is 6.07 Å². The van der Waals surface area contributed by atoms with Gasteiger partial charge in [0, 0.05) is 5.56 Å². The van der Waals surface area contributed by atoms with Crippen LogP contribution in [0.25, 0.3) is 0 Å². The lowest BCUT2D eigenvalue weighted by atomic mass is 10.1. The molecule has 0 aromatic heterocycles. The first-order chi connectivity index (χ1) is 12.5. The maximum atomic E-state index is 14.2. The number of aryl methyl sites for hydroxylation is 1. The summed E-state index contributed by atoms with van der Waals surface area (Å²) in [6.07, 6.45) is 0.710. The summed E-state index contributed by atoms with van der Waals surface area (Å²) in [5.74, 6) is -3.28. The van der Waals surface area contributed by atoms with E-state index in [-0.39, 0.29) is 16.3 Å². The third kappa shape index (κ3) is 5.15. The molecule has 2 aromatic carbocycles. The largest absolute Gasteiger partial charge is 0.487 e. The summed E-state index contributed by atoms with van der Waals surface area (Å²) in [5.41, 5.74) is -0.0393. The highest BCUT2D eigenvalue weighted by Gasteiger charge is 2.19. The monoisotopic (exact) mass is 414 g/mol. The first kappa shape index (κ1) is 20.6. The number of nitrogens with one attached hydrogen (secondary N) is 1. The zero-order valence-corrected chi connectivity index (χ0v) is 15.7. The van der Waals surface area contributed by atoms with Crippen LogP contribution in [0.15, 0.2) is 24.3 Å². The quantitative estimate of drug-likeness (QED) is 0.811. The standard InChI is InChI=1S/C17H13ClF2N2O4S/c1-9-3-13(18)16(5-10(9)7-21)26-8-11-4-15(20)12(6-14(11)19)17(23)22-27(2,24)25/h3-6H,8H2,1-2H3,(H,22,23). The van der Waals surface area contributed by atoms with E-state index >= 15 is 0 Å². The molecular weight excluding hydrogens is 402 g/mol. The highest BCUT2D eigenvalue weighted by Crippen LogP contribution is 2.29. The van der Waals surface area contributed by atoms with Crippen molar-refractivity contribution >= 4 is 27.5 Å². The van der Waals surface area contributed by atoms with Crippen LogP contribution in [0.2, 0.25) is 5.02 Å². The van der Waals surface area contributed by atoms with Crippen LogP contribution in [-0.4, -0.2) is 20.6 Å². The minimum Gasteiger partial charge on any atom is -0.487 e. The predicted molar refractivity (Wildman–Crippen MR) is 93.9 cm³/mol. The topological polar surface area (TPSA) is 96.3 Å². The number of nitriles is 1. The minimum absolute atomic E-state index is 0.109. The van der Waals surface area contributed by atoms with Crippen molar-refractivity contribution in [3.63, 3.8) is 0 Å². The van der Waals surface area contributed by atoms with Gasteiger partial charge in [-0.3, -0.25) is 4.79 Å². The Morgan fingerprint density at radius 1 is 1.26 bits per heavy atom. The maximum Gasteiger partial charge on any atom is 0.267 e. The number of halogens is 3. The van der Waals surface area contributed by atoms with Gasteiger partial charge in [-0.2, -0.15) is 5.26 Å². The number of benzene rings is 2. The van der Waals surface area contributed by atoms with Crippen LogP contribution in [-0.2, 0) is 16.6 Å². The van der Waals surface area contributed by atoms with Gasteiger partial charge < -0.3 is 4.74 Å². The lowest BCUT2D eigenvalue weighted by Crippen LogP contribution is -2.30. The Bertz CT molecular complexity index is 1070. The summed E-state index contributed by atoms with van der Waals surface area (Å²) in [7, 11) is -3.93. The molecule has 142 valence electrons. The number of rotatable bonds is 5. The maximum absolute atomic E-state index is 14.2. The predicted octanol–water partition coefficient (Wildman–Crippen LogP) is 3.07. The van der Waals surface area contributed by atoms with Crippen LogP contribution in [0.4, 0.5) is 8.78 Å². The Balaban J connectivity index is 2.25. The van der Waals surface area contributed by atoms with Crippen molar-refractivity contribution in [1.82, 2.24) is 4.72 Å². The fraction of sp³-hybridized carbons (Fsp3) is 0.176. The summed E-state index contributed by atoms with van der Waals surface area (Å²) in [5, 5.41) is 9.21. The van der Waals surface area contributed by atoms with E-state index in [0.29, 0.717) is 23.4 Å². The van der Waals surface area contributed by atoms with Crippen molar-refractivity contribution in [3.8, 4) is 11.8 Å². The van der Waals surface area contributed by atoms with Crippen LogP contribution in [0.3, 0.4) is 0 Å². The summed E-state index contributed by atoms with van der Waals surface area (Å²) >= 11 is 6.01. The van der Waals surface area contributed by atoms with E-state index in [0.717, 1.165) is 6.07 Å². The average Bonchev–Trinajstić information content (AvgIpc) is 2.55. The van der Waals surface area contributed by atoms with Gasteiger partial charge in [0.05, 0.1) is 28.5 Å². The van der Waals surface area contributed by atoms with Crippen molar-refractivity contribution in [3.05, 3.63) is 63.2 Å². The van der Waals surface area contributed by atoms with Crippen molar-refractivity contribution in [2.75, 3.05) is 6.26 Å². The Morgan fingerprint density at radius 2 is 1.93 bits per heavy atom. The second kappa shape index (κ2) is 7.90. The Labute approximate surface area is 159 Å². The van der Waals surface area contributed by atoms with E-state index in [2.05, 4.69) is 0 Å². The lowest BCUT2D eigenvalue weighted by Gasteiger charge is -2.12. The third-order valence-electron chi connectivity index (χ3n) is 3.44. The summed E-state index contributed by atoms with van der Waals surface area (Å²) in [4.78, 5) is 11.7. The van der Waals surface area contributed by atoms with E-state index in [4.69, 9.17) is 21.6 Å². The fourth-order valence-corrected chi connectivity index (χ4v) is 2.85. The van der Waals surface area contributed by atoms with Gasteiger partial charge in [0.25, 0.3) is 5.91 Å². The number of nitrogens with zero attached hydrogens (tertiary/aromatic N) is 1. The highest BCUT2D eigenvalue weighted by atomic mass is 35.5. The SMILES string of the molecule is Cc1cc(Cl)c(OCc2cc(F)c(C(=O)NS(C)(=O)=O)cc2F)cc1C#N. The lowest BCUT2D eigenvalue weighted by molar-refractivity contribution is 0.0977.